The number of nitrogens with two attached hydrogens (primary N) is 1. The van der Waals surface area contributed by atoms with Crippen LogP contribution in [0.3, 0.4) is 0 Å². The molecule has 0 saturated carbocycles. The number of carboxylic acids is 1. The third kappa shape index (κ3) is 4.71. The van der Waals surface area contributed by atoms with E-state index in [2.05, 4.69) is 5.32 Å². The Hall–Kier alpha value is -1.88. The van der Waals surface area contributed by atoms with E-state index in [-0.39, 0.29) is 17.4 Å². The molecule has 104 valence electrons. The van der Waals surface area contributed by atoms with E-state index < -0.39 is 5.97 Å². The van der Waals surface area contributed by atoms with Crippen LogP contribution in [0.5, 0.6) is 0 Å². The summed E-state index contributed by atoms with van der Waals surface area (Å²) >= 11 is 0. The van der Waals surface area contributed by atoms with Gasteiger partial charge in [-0.3, -0.25) is 4.79 Å². The lowest BCUT2D eigenvalue weighted by atomic mass is 10.0. The summed E-state index contributed by atoms with van der Waals surface area (Å²) in [5.74, 6) is -1.16. The molecule has 19 heavy (non-hydrogen) atoms. The maximum atomic E-state index is 11.8. The summed E-state index contributed by atoms with van der Waals surface area (Å²) in [5, 5.41) is 11.6. The number of hydrogen-bond acceptors (Lipinski definition) is 3. The van der Waals surface area contributed by atoms with Gasteiger partial charge in [-0.05, 0) is 24.1 Å². The monoisotopic (exact) mass is 264 g/mol. The van der Waals surface area contributed by atoms with Gasteiger partial charge >= 0.3 is 5.97 Å². The van der Waals surface area contributed by atoms with Gasteiger partial charge in [-0.2, -0.15) is 0 Å². The second-order valence-corrected chi connectivity index (χ2v) is 4.44. The molecule has 5 nitrogen and oxygen atoms in total. The van der Waals surface area contributed by atoms with Crippen LogP contribution in [0.15, 0.2) is 24.3 Å². The first-order valence-corrected chi connectivity index (χ1v) is 6.38. The minimum absolute atomic E-state index is 0.0494. The first kappa shape index (κ1) is 15.2. The van der Waals surface area contributed by atoms with Crippen molar-refractivity contribution in [2.45, 2.75) is 26.3 Å². The number of carboxylic acid groups (broad SMARTS) is 1. The lowest BCUT2D eigenvalue weighted by Crippen LogP contribution is -2.34. The summed E-state index contributed by atoms with van der Waals surface area (Å²) in [6, 6.07) is 6.44. The standard InChI is InChI=1S/C14H20N2O3/c1-2-3-12(8-15)13(17)16-9-10-4-6-11(7-5-10)14(18)19/h4-7,12H,2-3,8-9,15H2,1H3,(H,16,17)(H,18,19). The largest absolute Gasteiger partial charge is 0.478 e. The molecule has 1 amide bonds. The van der Waals surface area contributed by atoms with Gasteiger partial charge in [0.05, 0.1) is 11.5 Å². The van der Waals surface area contributed by atoms with Gasteiger partial charge in [0, 0.05) is 13.1 Å². The third-order valence-corrected chi connectivity index (χ3v) is 2.96. The first-order valence-electron chi connectivity index (χ1n) is 6.38. The zero-order valence-electron chi connectivity index (χ0n) is 11.1. The van der Waals surface area contributed by atoms with E-state index in [0.29, 0.717) is 13.1 Å². The van der Waals surface area contributed by atoms with Crippen molar-refractivity contribution in [1.29, 1.82) is 0 Å². The molecule has 4 N–H and O–H groups in total. The van der Waals surface area contributed by atoms with Gasteiger partial charge in [0.2, 0.25) is 5.91 Å². The minimum Gasteiger partial charge on any atom is -0.478 e. The second kappa shape index (κ2) is 7.53. The molecular formula is C14H20N2O3. The Morgan fingerprint density at radius 2 is 1.95 bits per heavy atom. The highest BCUT2D eigenvalue weighted by Crippen LogP contribution is 2.07. The van der Waals surface area contributed by atoms with Gasteiger partial charge < -0.3 is 16.2 Å². The maximum absolute atomic E-state index is 11.8. The number of aromatic carboxylic acids is 1. The van der Waals surface area contributed by atoms with E-state index in [4.69, 9.17) is 10.8 Å². The molecule has 1 aromatic rings. The summed E-state index contributed by atoms with van der Waals surface area (Å²) in [6.07, 6.45) is 1.70. The highest BCUT2D eigenvalue weighted by molar-refractivity contribution is 5.87. The van der Waals surface area contributed by atoms with Crippen LogP contribution in [-0.4, -0.2) is 23.5 Å². The molecule has 0 spiro atoms. The van der Waals surface area contributed by atoms with Crippen LogP contribution in [0.4, 0.5) is 0 Å². The molecule has 1 unspecified atom stereocenters. The van der Waals surface area contributed by atoms with Gasteiger partial charge in [-0.1, -0.05) is 25.5 Å². The Labute approximate surface area is 112 Å². The fourth-order valence-corrected chi connectivity index (χ4v) is 1.80. The Morgan fingerprint density at radius 1 is 1.32 bits per heavy atom. The number of rotatable bonds is 7. The van der Waals surface area contributed by atoms with Crippen molar-refractivity contribution in [3.63, 3.8) is 0 Å². The topological polar surface area (TPSA) is 92.4 Å². The first-order chi connectivity index (χ1) is 9.08. The Bertz CT molecular complexity index is 429. The molecule has 0 saturated heterocycles. The predicted molar refractivity (Wildman–Crippen MR) is 72.7 cm³/mol. The fraction of sp³-hybridized carbons (Fsp3) is 0.429. The van der Waals surface area contributed by atoms with E-state index in [1.165, 1.54) is 12.1 Å². The number of carbonyl (C=O) groups excluding carboxylic acids is 1. The van der Waals surface area contributed by atoms with Crippen LogP contribution in [0, 0.1) is 5.92 Å². The third-order valence-electron chi connectivity index (χ3n) is 2.96. The van der Waals surface area contributed by atoms with E-state index in [1.807, 2.05) is 6.92 Å². The summed E-state index contributed by atoms with van der Waals surface area (Å²) in [7, 11) is 0. The summed E-state index contributed by atoms with van der Waals surface area (Å²) in [4.78, 5) is 22.5. The van der Waals surface area contributed by atoms with Crippen molar-refractivity contribution in [1.82, 2.24) is 5.32 Å². The molecule has 1 aromatic carbocycles. The van der Waals surface area contributed by atoms with E-state index in [1.54, 1.807) is 12.1 Å². The molecule has 0 aliphatic heterocycles. The summed E-state index contributed by atoms with van der Waals surface area (Å²) in [6.45, 7) is 2.75. The minimum atomic E-state index is -0.957. The molecule has 5 heteroatoms. The molecule has 1 rings (SSSR count). The van der Waals surface area contributed by atoms with Crippen molar-refractivity contribution >= 4 is 11.9 Å². The Morgan fingerprint density at radius 3 is 2.42 bits per heavy atom. The van der Waals surface area contributed by atoms with Crippen LogP contribution in [-0.2, 0) is 11.3 Å². The number of nitrogens with one attached hydrogen (secondary N) is 1. The Kier molecular flexibility index (Phi) is 6.02. The van der Waals surface area contributed by atoms with Crippen LogP contribution in [0.25, 0.3) is 0 Å². The van der Waals surface area contributed by atoms with Crippen molar-refractivity contribution in [3.05, 3.63) is 35.4 Å². The van der Waals surface area contributed by atoms with Gasteiger partial charge in [-0.15, -0.1) is 0 Å². The van der Waals surface area contributed by atoms with Crippen LogP contribution in [0.2, 0.25) is 0 Å². The number of benzene rings is 1. The van der Waals surface area contributed by atoms with Crippen molar-refractivity contribution in [2.75, 3.05) is 6.54 Å². The average molecular weight is 264 g/mol. The molecule has 0 bridgehead atoms. The smallest absolute Gasteiger partial charge is 0.335 e. The van der Waals surface area contributed by atoms with Gasteiger partial charge in [0.1, 0.15) is 0 Å². The van der Waals surface area contributed by atoms with E-state index >= 15 is 0 Å². The van der Waals surface area contributed by atoms with Crippen LogP contribution >= 0.6 is 0 Å². The maximum Gasteiger partial charge on any atom is 0.335 e. The highest BCUT2D eigenvalue weighted by atomic mass is 16.4. The van der Waals surface area contributed by atoms with Crippen LogP contribution < -0.4 is 11.1 Å². The number of carbonyl (C=O) groups is 2. The normalized spacial score (nSPS) is 11.9. The highest BCUT2D eigenvalue weighted by Gasteiger charge is 2.15. The van der Waals surface area contributed by atoms with Crippen molar-refractivity contribution < 1.29 is 14.7 Å². The van der Waals surface area contributed by atoms with Crippen molar-refractivity contribution in [3.8, 4) is 0 Å². The molecule has 0 aliphatic carbocycles. The van der Waals surface area contributed by atoms with E-state index in [9.17, 15) is 9.59 Å². The van der Waals surface area contributed by atoms with E-state index in [0.717, 1.165) is 18.4 Å². The SMILES string of the molecule is CCCC(CN)C(=O)NCc1ccc(C(=O)O)cc1. The zero-order valence-corrected chi connectivity index (χ0v) is 11.1. The van der Waals surface area contributed by atoms with Gasteiger partial charge in [0.15, 0.2) is 0 Å². The summed E-state index contributed by atoms with van der Waals surface area (Å²) in [5.41, 5.74) is 6.66. The van der Waals surface area contributed by atoms with Crippen LogP contribution in [0.1, 0.15) is 35.7 Å². The molecule has 0 aromatic heterocycles. The Balaban J connectivity index is 2.52. The lowest BCUT2D eigenvalue weighted by molar-refractivity contribution is -0.125. The van der Waals surface area contributed by atoms with Gasteiger partial charge in [0.25, 0.3) is 0 Å². The second-order valence-electron chi connectivity index (χ2n) is 4.44. The molecule has 1 atom stereocenters. The van der Waals surface area contributed by atoms with Crippen molar-refractivity contribution in [2.24, 2.45) is 11.7 Å². The molecule has 0 aliphatic rings. The summed E-state index contributed by atoms with van der Waals surface area (Å²) < 4.78 is 0. The van der Waals surface area contributed by atoms with Gasteiger partial charge in [-0.25, -0.2) is 4.79 Å². The fourth-order valence-electron chi connectivity index (χ4n) is 1.80. The number of amides is 1. The molecule has 0 fully saturated rings. The predicted octanol–water partition coefficient (Wildman–Crippen LogP) is 1.38. The number of hydrogen-bond donors (Lipinski definition) is 3. The molecule has 0 radical (unpaired) electrons. The molecule has 0 heterocycles. The average Bonchev–Trinajstić information content (AvgIpc) is 2.42. The quantitative estimate of drug-likeness (QED) is 0.693. The lowest BCUT2D eigenvalue weighted by Gasteiger charge is -2.13. The zero-order chi connectivity index (χ0) is 14.3. The molecular weight excluding hydrogens is 244 g/mol.